The third kappa shape index (κ3) is 5.41. The van der Waals surface area contributed by atoms with E-state index in [1.807, 2.05) is 49.6 Å². The number of aryl methyl sites for hydroxylation is 1. The number of benzene rings is 2. The van der Waals surface area contributed by atoms with E-state index in [1.165, 1.54) is 6.07 Å². The molecule has 2 atom stereocenters. The van der Waals surface area contributed by atoms with E-state index < -0.39 is 17.6 Å². The van der Waals surface area contributed by atoms with Crippen molar-refractivity contribution in [3.63, 3.8) is 0 Å². The van der Waals surface area contributed by atoms with Gasteiger partial charge in [0.2, 0.25) is 17.6 Å². The maximum absolute atomic E-state index is 13.4. The van der Waals surface area contributed by atoms with Crippen molar-refractivity contribution in [2.45, 2.75) is 52.1 Å². The summed E-state index contributed by atoms with van der Waals surface area (Å²) in [5, 5.41) is 6.61. The summed E-state index contributed by atoms with van der Waals surface area (Å²) in [6.07, 6.45) is 1.00. The molecule has 0 saturated carbocycles. The number of carbonyl (C=O) groups excluding carboxylic acids is 3. The van der Waals surface area contributed by atoms with Gasteiger partial charge in [0.05, 0.1) is 11.6 Å². The molecule has 0 saturated heterocycles. The molecule has 200 valence electrons. The molecule has 1 aliphatic rings. The van der Waals surface area contributed by atoms with E-state index in [0.717, 1.165) is 16.6 Å². The summed E-state index contributed by atoms with van der Waals surface area (Å²) >= 11 is 0. The molecular formula is C31H31N3O5. The van der Waals surface area contributed by atoms with Crippen LogP contribution in [0.4, 0.5) is 5.69 Å². The van der Waals surface area contributed by atoms with Crippen LogP contribution < -0.4 is 16.3 Å². The Morgan fingerprint density at radius 2 is 1.79 bits per heavy atom. The van der Waals surface area contributed by atoms with Crippen molar-refractivity contribution < 1.29 is 18.8 Å². The van der Waals surface area contributed by atoms with E-state index in [4.69, 9.17) is 4.42 Å². The summed E-state index contributed by atoms with van der Waals surface area (Å²) in [5.41, 5.74) is 3.12. The van der Waals surface area contributed by atoms with Crippen molar-refractivity contribution in [3.8, 4) is 0 Å². The molecule has 5 rings (SSSR count). The predicted molar refractivity (Wildman–Crippen MR) is 149 cm³/mol. The lowest BCUT2D eigenvalue weighted by molar-refractivity contribution is -0.127. The SMILES string of the molecule is Cc1cc(=O)oc2cc(NC(=O)C(CC(C)C)NC(=O)C3CCn4c(C(=O)c5ccccc5)ccc43)ccc12. The van der Waals surface area contributed by atoms with Crippen LogP contribution >= 0.6 is 0 Å². The number of rotatable bonds is 8. The van der Waals surface area contributed by atoms with Crippen molar-refractivity contribution in [1.29, 1.82) is 0 Å². The van der Waals surface area contributed by atoms with Gasteiger partial charge in [-0.25, -0.2) is 4.79 Å². The van der Waals surface area contributed by atoms with Gasteiger partial charge >= 0.3 is 5.63 Å². The minimum atomic E-state index is -0.757. The zero-order valence-corrected chi connectivity index (χ0v) is 22.2. The summed E-state index contributed by atoms with van der Waals surface area (Å²) < 4.78 is 7.20. The van der Waals surface area contributed by atoms with Crippen LogP contribution in [0.3, 0.4) is 0 Å². The Balaban J connectivity index is 1.32. The normalized spacial score (nSPS) is 15.2. The molecule has 39 heavy (non-hydrogen) atoms. The average Bonchev–Trinajstić information content (AvgIpc) is 3.50. The third-order valence-corrected chi connectivity index (χ3v) is 7.16. The summed E-state index contributed by atoms with van der Waals surface area (Å²) in [4.78, 5) is 51.5. The second-order valence-corrected chi connectivity index (χ2v) is 10.5. The number of anilines is 1. The van der Waals surface area contributed by atoms with E-state index in [0.29, 0.717) is 41.9 Å². The van der Waals surface area contributed by atoms with Gasteiger partial charge < -0.3 is 19.6 Å². The molecule has 0 bridgehead atoms. The number of nitrogens with one attached hydrogen (secondary N) is 2. The molecule has 2 aromatic heterocycles. The standard InChI is InChI=1S/C31H31N3O5/c1-18(2)15-24(31(38)32-21-9-10-22-19(3)16-28(35)39-27(22)17-21)33-30(37)23-13-14-34-25(23)11-12-26(34)29(36)20-7-5-4-6-8-20/h4-12,16-18,23-24H,13-15H2,1-3H3,(H,32,38)(H,33,37). The molecule has 2 unspecified atom stereocenters. The molecule has 8 nitrogen and oxygen atoms in total. The molecule has 3 heterocycles. The van der Waals surface area contributed by atoms with Crippen LogP contribution in [0, 0.1) is 12.8 Å². The highest BCUT2D eigenvalue weighted by Crippen LogP contribution is 2.32. The third-order valence-electron chi connectivity index (χ3n) is 7.16. The summed E-state index contributed by atoms with van der Waals surface area (Å²) in [5.74, 6) is -0.976. The second-order valence-electron chi connectivity index (χ2n) is 10.5. The van der Waals surface area contributed by atoms with Crippen LogP contribution in [-0.2, 0) is 16.1 Å². The Hall–Kier alpha value is -4.46. The van der Waals surface area contributed by atoms with Gasteiger partial charge in [-0.05, 0) is 55.5 Å². The molecule has 8 heteroatoms. The van der Waals surface area contributed by atoms with Gasteiger partial charge in [0.15, 0.2) is 0 Å². The van der Waals surface area contributed by atoms with Crippen molar-refractivity contribution >= 4 is 34.3 Å². The largest absolute Gasteiger partial charge is 0.423 e. The van der Waals surface area contributed by atoms with Gasteiger partial charge in [0.1, 0.15) is 11.6 Å². The molecule has 2 aromatic carbocycles. The number of carbonyl (C=O) groups is 3. The highest BCUT2D eigenvalue weighted by molar-refractivity contribution is 6.08. The molecule has 0 spiro atoms. The number of nitrogens with zero attached hydrogens (tertiary/aromatic N) is 1. The van der Waals surface area contributed by atoms with Crippen molar-refractivity contribution in [2.24, 2.45) is 5.92 Å². The summed E-state index contributed by atoms with van der Waals surface area (Å²) in [6.45, 7) is 6.35. The average molecular weight is 526 g/mol. The number of hydrogen-bond donors (Lipinski definition) is 2. The highest BCUT2D eigenvalue weighted by atomic mass is 16.4. The van der Waals surface area contributed by atoms with Crippen LogP contribution in [0.1, 0.15) is 59.9 Å². The second kappa shape index (κ2) is 10.7. The summed E-state index contributed by atoms with van der Waals surface area (Å²) in [6, 6.07) is 18.5. The number of ketones is 1. The molecule has 2 N–H and O–H groups in total. The van der Waals surface area contributed by atoms with Crippen LogP contribution in [-0.4, -0.2) is 28.2 Å². The molecular weight excluding hydrogens is 494 g/mol. The maximum atomic E-state index is 13.4. The van der Waals surface area contributed by atoms with Crippen LogP contribution in [0.15, 0.2) is 75.9 Å². The molecule has 0 fully saturated rings. The first-order chi connectivity index (χ1) is 18.7. The number of hydrogen-bond acceptors (Lipinski definition) is 5. The topological polar surface area (TPSA) is 110 Å². The zero-order chi connectivity index (χ0) is 27.7. The van der Waals surface area contributed by atoms with Gasteiger partial charge in [-0.15, -0.1) is 0 Å². The fourth-order valence-electron chi connectivity index (χ4n) is 5.25. The van der Waals surface area contributed by atoms with Gasteiger partial charge in [0, 0.05) is 41.0 Å². The van der Waals surface area contributed by atoms with Gasteiger partial charge in [-0.3, -0.25) is 14.4 Å². The predicted octanol–water partition coefficient (Wildman–Crippen LogP) is 4.79. The lowest BCUT2D eigenvalue weighted by Crippen LogP contribution is -2.46. The van der Waals surface area contributed by atoms with Gasteiger partial charge in [-0.1, -0.05) is 44.2 Å². The zero-order valence-electron chi connectivity index (χ0n) is 22.2. The first-order valence-electron chi connectivity index (χ1n) is 13.2. The smallest absolute Gasteiger partial charge is 0.336 e. The van der Waals surface area contributed by atoms with Crippen molar-refractivity contribution in [1.82, 2.24) is 9.88 Å². The first kappa shape index (κ1) is 26.2. The van der Waals surface area contributed by atoms with E-state index in [-0.39, 0.29) is 23.5 Å². The molecule has 4 aromatic rings. The minimum Gasteiger partial charge on any atom is -0.423 e. The van der Waals surface area contributed by atoms with E-state index in [9.17, 15) is 19.2 Å². The number of aromatic nitrogens is 1. The molecule has 1 aliphatic heterocycles. The van der Waals surface area contributed by atoms with Gasteiger partial charge in [-0.2, -0.15) is 0 Å². The fraction of sp³-hybridized carbons (Fsp3) is 0.290. The van der Waals surface area contributed by atoms with Crippen LogP contribution in [0.25, 0.3) is 11.0 Å². The Morgan fingerprint density at radius 1 is 1.03 bits per heavy atom. The maximum Gasteiger partial charge on any atom is 0.336 e. The molecule has 2 amide bonds. The molecule has 0 aliphatic carbocycles. The Labute approximate surface area is 226 Å². The van der Waals surface area contributed by atoms with E-state index in [2.05, 4.69) is 10.6 Å². The highest BCUT2D eigenvalue weighted by Gasteiger charge is 2.34. The Kier molecular flexibility index (Phi) is 7.19. The van der Waals surface area contributed by atoms with E-state index >= 15 is 0 Å². The Morgan fingerprint density at radius 3 is 2.54 bits per heavy atom. The lowest BCUT2D eigenvalue weighted by Gasteiger charge is -2.22. The van der Waals surface area contributed by atoms with Crippen molar-refractivity contribution in [3.05, 3.63) is 99.7 Å². The van der Waals surface area contributed by atoms with Crippen LogP contribution in [0.5, 0.6) is 0 Å². The summed E-state index contributed by atoms with van der Waals surface area (Å²) in [7, 11) is 0. The number of fused-ring (bicyclic) bond motifs is 2. The van der Waals surface area contributed by atoms with Crippen molar-refractivity contribution in [2.75, 3.05) is 5.32 Å². The molecule has 0 radical (unpaired) electrons. The minimum absolute atomic E-state index is 0.0821. The Bertz CT molecular complexity index is 1620. The van der Waals surface area contributed by atoms with Gasteiger partial charge in [0.25, 0.3) is 0 Å². The first-order valence-corrected chi connectivity index (χ1v) is 13.2. The lowest BCUT2D eigenvalue weighted by atomic mass is 9.99. The van der Waals surface area contributed by atoms with Crippen LogP contribution in [0.2, 0.25) is 0 Å². The van der Waals surface area contributed by atoms with E-state index in [1.54, 1.807) is 36.4 Å². The fourth-order valence-corrected chi connectivity index (χ4v) is 5.25. The quantitative estimate of drug-likeness (QED) is 0.254. The number of amides is 2. The monoisotopic (exact) mass is 525 g/mol.